The van der Waals surface area contributed by atoms with E-state index in [4.69, 9.17) is 0 Å². The third-order valence-corrected chi connectivity index (χ3v) is 3.44. The van der Waals surface area contributed by atoms with Crippen molar-refractivity contribution >= 4 is 16.7 Å². The number of para-hydroxylation sites is 1. The molecular formula is C16H23N2O+. The predicted molar refractivity (Wildman–Crippen MR) is 79.5 cm³/mol. The number of rotatable bonds is 5. The number of carbonyl (C=O) groups excluding carboxylic acids is 1. The van der Waals surface area contributed by atoms with Crippen LogP contribution in [0.15, 0.2) is 30.5 Å². The Labute approximate surface area is 115 Å². The van der Waals surface area contributed by atoms with Gasteiger partial charge in [-0.05, 0) is 13.0 Å². The van der Waals surface area contributed by atoms with Gasteiger partial charge in [0.25, 0.3) is 0 Å². The molecular weight excluding hydrogens is 236 g/mol. The molecule has 0 bridgehead atoms. The molecule has 19 heavy (non-hydrogen) atoms. The van der Waals surface area contributed by atoms with Crippen LogP contribution in [0.4, 0.5) is 0 Å². The van der Waals surface area contributed by atoms with Gasteiger partial charge in [0.15, 0.2) is 5.78 Å². The Kier molecular flexibility index (Phi) is 3.76. The molecule has 102 valence electrons. The third-order valence-electron chi connectivity index (χ3n) is 3.44. The number of hydrogen-bond acceptors (Lipinski definition) is 1. The molecule has 0 saturated heterocycles. The summed E-state index contributed by atoms with van der Waals surface area (Å²) in [6.07, 6.45) is 2.60. The van der Waals surface area contributed by atoms with Gasteiger partial charge >= 0.3 is 0 Å². The molecule has 0 N–H and O–H groups in total. The average Bonchev–Trinajstić information content (AvgIpc) is 2.74. The lowest BCUT2D eigenvalue weighted by atomic mass is 10.1. The second kappa shape index (κ2) is 5.17. The van der Waals surface area contributed by atoms with Crippen LogP contribution in [0.5, 0.6) is 0 Å². The Morgan fingerprint density at radius 2 is 1.89 bits per heavy atom. The quantitative estimate of drug-likeness (QED) is 0.598. The largest absolute Gasteiger partial charge is 0.347 e. The minimum atomic E-state index is 0.247. The summed E-state index contributed by atoms with van der Waals surface area (Å²) in [5.41, 5.74) is 2.02. The maximum Gasteiger partial charge on any atom is 0.170 e. The fraction of sp³-hybridized carbons (Fsp3) is 0.438. The van der Waals surface area contributed by atoms with Crippen LogP contribution in [0.1, 0.15) is 23.7 Å². The summed E-state index contributed by atoms with van der Waals surface area (Å²) >= 11 is 0. The van der Waals surface area contributed by atoms with E-state index in [0.29, 0.717) is 6.42 Å². The van der Waals surface area contributed by atoms with E-state index in [1.165, 1.54) is 0 Å². The van der Waals surface area contributed by atoms with Crippen molar-refractivity contribution in [1.29, 1.82) is 0 Å². The smallest absolute Gasteiger partial charge is 0.170 e. The zero-order chi connectivity index (χ0) is 14.0. The average molecular weight is 259 g/mol. The molecule has 1 heterocycles. The van der Waals surface area contributed by atoms with Gasteiger partial charge in [-0.3, -0.25) is 4.79 Å². The maximum absolute atomic E-state index is 12.4. The van der Waals surface area contributed by atoms with Gasteiger partial charge in [0, 0.05) is 29.2 Å². The van der Waals surface area contributed by atoms with E-state index in [1.54, 1.807) is 0 Å². The highest BCUT2D eigenvalue weighted by Crippen LogP contribution is 2.22. The summed E-state index contributed by atoms with van der Waals surface area (Å²) in [6, 6.07) is 8.14. The van der Waals surface area contributed by atoms with Gasteiger partial charge in [-0.15, -0.1) is 0 Å². The zero-order valence-corrected chi connectivity index (χ0v) is 12.3. The molecule has 0 radical (unpaired) electrons. The number of Topliss-reactive ketones (excluding diaryl/α,β-unsaturated/α-hetero) is 1. The van der Waals surface area contributed by atoms with Crippen molar-refractivity contribution in [1.82, 2.24) is 4.57 Å². The number of fused-ring (bicyclic) bond motifs is 1. The first-order valence-corrected chi connectivity index (χ1v) is 6.84. The van der Waals surface area contributed by atoms with Crippen LogP contribution in [0, 0.1) is 0 Å². The summed E-state index contributed by atoms with van der Waals surface area (Å²) in [5, 5.41) is 1.08. The molecule has 0 aliphatic rings. The maximum atomic E-state index is 12.4. The highest BCUT2D eigenvalue weighted by Gasteiger charge is 2.17. The summed E-state index contributed by atoms with van der Waals surface area (Å²) in [5.74, 6) is 0.247. The molecule has 2 rings (SSSR count). The third kappa shape index (κ3) is 3.04. The number of nitrogens with zero attached hydrogens (tertiary/aromatic N) is 2. The normalized spacial score (nSPS) is 12.0. The number of carbonyl (C=O) groups is 1. The van der Waals surface area contributed by atoms with Crippen molar-refractivity contribution in [2.45, 2.75) is 19.9 Å². The standard InChI is InChI=1S/C16H23N2O/c1-5-17-12-14(13-8-6-7-9-15(13)17)16(19)10-11-18(2,3)4/h6-9,12H,5,10-11H2,1-4H3/q+1. The summed E-state index contributed by atoms with van der Waals surface area (Å²) < 4.78 is 2.96. The molecule has 0 fully saturated rings. The molecule has 1 aromatic carbocycles. The Morgan fingerprint density at radius 3 is 2.53 bits per heavy atom. The monoisotopic (exact) mass is 259 g/mol. The van der Waals surface area contributed by atoms with E-state index in [9.17, 15) is 4.79 Å². The van der Waals surface area contributed by atoms with Crippen LogP contribution in [-0.4, -0.2) is 42.5 Å². The van der Waals surface area contributed by atoms with Crippen molar-refractivity contribution in [3.8, 4) is 0 Å². The van der Waals surface area contributed by atoms with Crippen molar-refractivity contribution in [2.75, 3.05) is 27.7 Å². The van der Waals surface area contributed by atoms with Crippen molar-refractivity contribution < 1.29 is 9.28 Å². The van der Waals surface area contributed by atoms with Crippen LogP contribution in [0.2, 0.25) is 0 Å². The van der Waals surface area contributed by atoms with E-state index in [1.807, 2.05) is 24.4 Å². The summed E-state index contributed by atoms with van der Waals surface area (Å²) in [6.45, 7) is 3.86. The van der Waals surface area contributed by atoms with E-state index < -0.39 is 0 Å². The van der Waals surface area contributed by atoms with E-state index in [2.05, 4.69) is 38.7 Å². The highest BCUT2D eigenvalue weighted by molar-refractivity contribution is 6.08. The topological polar surface area (TPSA) is 22.0 Å². The lowest BCUT2D eigenvalue weighted by Crippen LogP contribution is -2.36. The molecule has 0 spiro atoms. The number of benzene rings is 1. The lowest BCUT2D eigenvalue weighted by Gasteiger charge is -2.23. The van der Waals surface area contributed by atoms with Crippen molar-refractivity contribution in [2.24, 2.45) is 0 Å². The first-order valence-electron chi connectivity index (χ1n) is 6.84. The number of aromatic nitrogens is 1. The fourth-order valence-corrected chi connectivity index (χ4v) is 2.30. The molecule has 0 aliphatic heterocycles. The van der Waals surface area contributed by atoms with Gasteiger partial charge in [0.1, 0.15) is 0 Å². The van der Waals surface area contributed by atoms with Gasteiger partial charge in [0.05, 0.1) is 34.1 Å². The second-order valence-electron chi connectivity index (χ2n) is 6.03. The van der Waals surface area contributed by atoms with Crippen molar-refractivity contribution in [3.63, 3.8) is 0 Å². The Balaban J connectivity index is 2.32. The van der Waals surface area contributed by atoms with Crippen LogP contribution in [-0.2, 0) is 6.54 Å². The second-order valence-corrected chi connectivity index (χ2v) is 6.03. The van der Waals surface area contributed by atoms with Gasteiger partial charge < -0.3 is 9.05 Å². The molecule has 2 aromatic rings. The van der Waals surface area contributed by atoms with Gasteiger partial charge in [-0.1, -0.05) is 18.2 Å². The van der Waals surface area contributed by atoms with Gasteiger partial charge in [-0.2, -0.15) is 0 Å². The van der Waals surface area contributed by atoms with Crippen LogP contribution < -0.4 is 0 Å². The lowest BCUT2D eigenvalue weighted by molar-refractivity contribution is -0.869. The first kappa shape index (κ1) is 13.8. The minimum Gasteiger partial charge on any atom is -0.347 e. The van der Waals surface area contributed by atoms with Gasteiger partial charge in [-0.25, -0.2) is 0 Å². The number of quaternary nitrogens is 1. The Bertz CT molecular complexity index is 590. The molecule has 3 nitrogen and oxygen atoms in total. The molecule has 0 amide bonds. The fourth-order valence-electron chi connectivity index (χ4n) is 2.30. The van der Waals surface area contributed by atoms with E-state index >= 15 is 0 Å². The first-order chi connectivity index (χ1) is 8.92. The van der Waals surface area contributed by atoms with Crippen molar-refractivity contribution in [3.05, 3.63) is 36.0 Å². The Hall–Kier alpha value is -1.61. The predicted octanol–water partition coefficient (Wildman–Crippen LogP) is 2.94. The highest BCUT2D eigenvalue weighted by atomic mass is 16.1. The molecule has 0 saturated carbocycles. The molecule has 0 atom stereocenters. The molecule has 1 aromatic heterocycles. The Morgan fingerprint density at radius 1 is 1.21 bits per heavy atom. The summed E-state index contributed by atoms with van der Waals surface area (Å²) in [4.78, 5) is 12.4. The van der Waals surface area contributed by atoms with Crippen LogP contribution in [0.25, 0.3) is 10.9 Å². The van der Waals surface area contributed by atoms with Crippen LogP contribution >= 0.6 is 0 Å². The zero-order valence-electron chi connectivity index (χ0n) is 12.3. The summed E-state index contributed by atoms with van der Waals surface area (Å²) in [7, 11) is 6.34. The van der Waals surface area contributed by atoms with E-state index in [0.717, 1.165) is 34.0 Å². The van der Waals surface area contributed by atoms with E-state index in [-0.39, 0.29) is 5.78 Å². The van der Waals surface area contributed by atoms with Crippen LogP contribution in [0.3, 0.4) is 0 Å². The minimum absolute atomic E-state index is 0.247. The molecule has 3 heteroatoms. The number of aryl methyl sites for hydroxylation is 1. The molecule has 0 aliphatic carbocycles. The molecule has 0 unspecified atom stereocenters. The number of ketones is 1. The van der Waals surface area contributed by atoms with Gasteiger partial charge in [0.2, 0.25) is 0 Å². The number of hydrogen-bond donors (Lipinski definition) is 0. The SMILES string of the molecule is CCn1cc(C(=O)CC[N+](C)(C)C)c2ccccc21.